The number of benzene rings is 2. The molecule has 2 N–H and O–H groups in total. The minimum absolute atomic E-state index is 0.145. The van der Waals surface area contributed by atoms with Gasteiger partial charge >= 0.3 is 0 Å². The van der Waals surface area contributed by atoms with Crippen LogP contribution >= 0.6 is 0 Å². The van der Waals surface area contributed by atoms with Crippen molar-refractivity contribution in [1.82, 2.24) is 0 Å². The molecular formula is C18H23N. The fourth-order valence-electron chi connectivity index (χ4n) is 2.26. The Balaban J connectivity index is 2.15. The second kappa shape index (κ2) is 6.53. The number of rotatable bonds is 5. The van der Waals surface area contributed by atoms with Crippen LogP contribution < -0.4 is 5.73 Å². The van der Waals surface area contributed by atoms with Gasteiger partial charge in [0.1, 0.15) is 0 Å². The molecule has 0 unspecified atom stereocenters. The van der Waals surface area contributed by atoms with E-state index < -0.39 is 0 Å². The van der Waals surface area contributed by atoms with Crippen molar-refractivity contribution in [3.63, 3.8) is 0 Å². The SMILES string of the molecule is CC(C)CC[C@@H](N)c1cccc(-c2ccccc2)c1. The van der Waals surface area contributed by atoms with E-state index in [-0.39, 0.29) is 6.04 Å². The molecule has 0 bridgehead atoms. The van der Waals surface area contributed by atoms with Gasteiger partial charge in [0.2, 0.25) is 0 Å². The average Bonchev–Trinajstić information content (AvgIpc) is 2.46. The van der Waals surface area contributed by atoms with Crippen molar-refractivity contribution >= 4 is 0 Å². The van der Waals surface area contributed by atoms with Gasteiger partial charge in [-0.05, 0) is 41.5 Å². The lowest BCUT2D eigenvalue weighted by Gasteiger charge is -2.14. The summed E-state index contributed by atoms with van der Waals surface area (Å²) in [6.45, 7) is 4.49. The molecule has 0 radical (unpaired) electrons. The van der Waals surface area contributed by atoms with E-state index in [0.717, 1.165) is 6.42 Å². The molecule has 0 aromatic heterocycles. The van der Waals surface area contributed by atoms with Crippen molar-refractivity contribution in [1.29, 1.82) is 0 Å². The van der Waals surface area contributed by atoms with Gasteiger partial charge in [-0.25, -0.2) is 0 Å². The van der Waals surface area contributed by atoms with Crippen LogP contribution in [0.25, 0.3) is 11.1 Å². The third-order valence-corrected chi connectivity index (χ3v) is 3.48. The first-order chi connectivity index (χ1) is 9.16. The van der Waals surface area contributed by atoms with Gasteiger partial charge in [-0.1, -0.05) is 62.4 Å². The van der Waals surface area contributed by atoms with E-state index in [4.69, 9.17) is 5.73 Å². The molecule has 100 valence electrons. The largest absolute Gasteiger partial charge is 0.324 e. The van der Waals surface area contributed by atoms with Crippen molar-refractivity contribution < 1.29 is 0 Å². The molecule has 0 amide bonds. The number of hydrogen-bond acceptors (Lipinski definition) is 1. The maximum absolute atomic E-state index is 6.29. The second-order valence-corrected chi connectivity index (χ2v) is 5.57. The minimum Gasteiger partial charge on any atom is -0.324 e. The monoisotopic (exact) mass is 253 g/mol. The topological polar surface area (TPSA) is 26.0 Å². The molecule has 2 aromatic carbocycles. The van der Waals surface area contributed by atoms with E-state index in [1.165, 1.54) is 23.1 Å². The van der Waals surface area contributed by atoms with Gasteiger partial charge in [0.05, 0.1) is 0 Å². The van der Waals surface area contributed by atoms with Gasteiger partial charge in [0.25, 0.3) is 0 Å². The molecule has 0 heterocycles. The molecule has 2 rings (SSSR count). The first-order valence-corrected chi connectivity index (χ1v) is 7.08. The molecule has 0 aliphatic rings. The Kier molecular flexibility index (Phi) is 4.75. The van der Waals surface area contributed by atoms with Crippen LogP contribution in [0.4, 0.5) is 0 Å². The summed E-state index contributed by atoms with van der Waals surface area (Å²) in [6.07, 6.45) is 2.23. The van der Waals surface area contributed by atoms with Crippen LogP contribution in [-0.2, 0) is 0 Å². The summed E-state index contributed by atoms with van der Waals surface area (Å²) in [4.78, 5) is 0. The van der Waals surface area contributed by atoms with Crippen molar-refractivity contribution in [2.75, 3.05) is 0 Å². The van der Waals surface area contributed by atoms with Gasteiger partial charge < -0.3 is 5.73 Å². The van der Waals surface area contributed by atoms with Gasteiger partial charge in [-0.3, -0.25) is 0 Å². The Morgan fingerprint density at radius 2 is 1.53 bits per heavy atom. The Morgan fingerprint density at radius 1 is 0.842 bits per heavy atom. The van der Waals surface area contributed by atoms with Crippen molar-refractivity contribution in [2.24, 2.45) is 11.7 Å². The van der Waals surface area contributed by atoms with E-state index in [2.05, 4.69) is 62.4 Å². The molecule has 0 fully saturated rings. The van der Waals surface area contributed by atoms with Crippen molar-refractivity contribution in [3.8, 4) is 11.1 Å². The zero-order chi connectivity index (χ0) is 13.7. The lowest BCUT2D eigenvalue weighted by molar-refractivity contribution is 0.507. The van der Waals surface area contributed by atoms with E-state index in [9.17, 15) is 0 Å². The smallest absolute Gasteiger partial charge is 0.0295 e. The lowest BCUT2D eigenvalue weighted by atomic mass is 9.95. The summed E-state index contributed by atoms with van der Waals surface area (Å²) in [5, 5.41) is 0. The predicted octanol–water partition coefficient (Wildman–Crippen LogP) is 4.79. The number of nitrogens with two attached hydrogens (primary N) is 1. The van der Waals surface area contributed by atoms with Crippen LogP contribution in [0.1, 0.15) is 38.3 Å². The van der Waals surface area contributed by atoms with Crippen LogP contribution in [0, 0.1) is 5.92 Å². The summed E-state index contributed by atoms with van der Waals surface area (Å²) in [7, 11) is 0. The zero-order valence-corrected chi connectivity index (χ0v) is 11.8. The molecule has 0 saturated carbocycles. The summed E-state index contributed by atoms with van der Waals surface area (Å²) in [6, 6.07) is 19.2. The van der Waals surface area contributed by atoms with Gasteiger partial charge in [0, 0.05) is 6.04 Å². The third kappa shape index (κ3) is 3.93. The highest BCUT2D eigenvalue weighted by molar-refractivity contribution is 5.64. The predicted molar refractivity (Wildman–Crippen MR) is 82.9 cm³/mol. The number of hydrogen-bond donors (Lipinski definition) is 1. The van der Waals surface area contributed by atoms with E-state index in [0.29, 0.717) is 5.92 Å². The first-order valence-electron chi connectivity index (χ1n) is 7.08. The Labute approximate surface area is 116 Å². The molecule has 0 aliphatic heterocycles. The fourth-order valence-corrected chi connectivity index (χ4v) is 2.26. The third-order valence-electron chi connectivity index (χ3n) is 3.48. The fraction of sp³-hybridized carbons (Fsp3) is 0.333. The van der Waals surface area contributed by atoms with Crippen molar-refractivity contribution in [3.05, 3.63) is 60.2 Å². The van der Waals surface area contributed by atoms with E-state index >= 15 is 0 Å². The normalized spacial score (nSPS) is 12.6. The quantitative estimate of drug-likeness (QED) is 0.814. The molecule has 19 heavy (non-hydrogen) atoms. The molecule has 2 aromatic rings. The first kappa shape index (κ1) is 13.8. The molecule has 0 aliphatic carbocycles. The van der Waals surface area contributed by atoms with Crippen molar-refractivity contribution in [2.45, 2.75) is 32.7 Å². The molecule has 1 heteroatoms. The molecule has 0 spiro atoms. The maximum Gasteiger partial charge on any atom is 0.0295 e. The Hall–Kier alpha value is -1.60. The Bertz CT molecular complexity index is 502. The van der Waals surface area contributed by atoms with Gasteiger partial charge in [-0.2, -0.15) is 0 Å². The highest BCUT2D eigenvalue weighted by Gasteiger charge is 2.08. The standard InChI is InChI=1S/C18H23N/c1-14(2)11-12-18(19)17-10-6-9-16(13-17)15-7-4-3-5-8-15/h3-10,13-14,18H,11-12,19H2,1-2H3/t18-/m1/s1. The van der Waals surface area contributed by atoms with E-state index in [1.807, 2.05) is 6.07 Å². The van der Waals surface area contributed by atoms with Gasteiger partial charge in [-0.15, -0.1) is 0 Å². The average molecular weight is 253 g/mol. The Morgan fingerprint density at radius 3 is 2.21 bits per heavy atom. The molecule has 1 atom stereocenters. The van der Waals surface area contributed by atoms with Gasteiger partial charge in [0.15, 0.2) is 0 Å². The molecular weight excluding hydrogens is 230 g/mol. The second-order valence-electron chi connectivity index (χ2n) is 5.57. The van der Waals surface area contributed by atoms with E-state index in [1.54, 1.807) is 0 Å². The maximum atomic E-state index is 6.29. The summed E-state index contributed by atoms with van der Waals surface area (Å²) in [5.41, 5.74) is 10.0. The van der Waals surface area contributed by atoms with Crippen LogP contribution in [0.5, 0.6) is 0 Å². The van der Waals surface area contributed by atoms with Crippen LogP contribution in [0.15, 0.2) is 54.6 Å². The summed E-state index contributed by atoms with van der Waals surface area (Å²) >= 11 is 0. The highest BCUT2D eigenvalue weighted by Crippen LogP contribution is 2.24. The summed E-state index contributed by atoms with van der Waals surface area (Å²) in [5.74, 6) is 0.711. The lowest BCUT2D eigenvalue weighted by Crippen LogP contribution is -2.11. The van der Waals surface area contributed by atoms with Crippen LogP contribution in [0.2, 0.25) is 0 Å². The minimum atomic E-state index is 0.145. The van der Waals surface area contributed by atoms with Crippen LogP contribution in [0.3, 0.4) is 0 Å². The van der Waals surface area contributed by atoms with Crippen LogP contribution in [-0.4, -0.2) is 0 Å². The molecule has 1 nitrogen and oxygen atoms in total. The summed E-state index contributed by atoms with van der Waals surface area (Å²) < 4.78 is 0. The molecule has 0 saturated heterocycles. The zero-order valence-electron chi connectivity index (χ0n) is 11.8. The highest BCUT2D eigenvalue weighted by atomic mass is 14.6.